The maximum atomic E-state index is 12.3. The van der Waals surface area contributed by atoms with Gasteiger partial charge in [-0.1, -0.05) is 36.0 Å². The lowest BCUT2D eigenvalue weighted by Gasteiger charge is -2.06. The van der Waals surface area contributed by atoms with Crippen molar-refractivity contribution in [1.82, 2.24) is 9.97 Å². The molecular formula is C21H17N3O2S. The van der Waals surface area contributed by atoms with Crippen LogP contribution in [0.15, 0.2) is 78.0 Å². The number of para-hydroxylation sites is 2. The summed E-state index contributed by atoms with van der Waals surface area (Å²) in [4.78, 5) is 20.1. The van der Waals surface area contributed by atoms with Gasteiger partial charge in [-0.25, -0.2) is 4.98 Å². The van der Waals surface area contributed by atoms with Crippen LogP contribution in [0.4, 0.5) is 5.69 Å². The molecule has 134 valence electrons. The number of phenolic OH excluding ortho intramolecular Hbond substituents is 1. The van der Waals surface area contributed by atoms with Crippen LogP contribution in [0.2, 0.25) is 0 Å². The Labute approximate surface area is 160 Å². The van der Waals surface area contributed by atoms with E-state index in [9.17, 15) is 9.90 Å². The van der Waals surface area contributed by atoms with Crippen molar-refractivity contribution >= 4 is 34.4 Å². The zero-order chi connectivity index (χ0) is 18.6. The van der Waals surface area contributed by atoms with E-state index in [1.807, 2.05) is 48.5 Å². The quantitative estimate of drug-likeness (QED) is 0.345. The van der Waals surface area contributed by atoms with Gasteiger partial charge in [-0.2, -0.15) is 0 Å². The number of amides is 1. The third-order valence-corrected chi connectivity index (χ3v) is 5.03. The molecule has 0 saturated carbocycles. The summed E-state index contributed by atoms with van der Waals surface area (Å²) in [5, 5.41) is 13.0. The van der Waals surface area contributed by atoms with Crippen molar-refractivity contribution in [2.75, 3.05) is 5.32 Å². The first-order chi connectivity index (χ1) is 13.2. The summed E-state index contributed by atoms with van der Waals surface area (Å²) in [6.07, 6.45) is 0. The molecular weight excluding hydrogens is 358 g/mol. The first-order valence-electron chi connectivity index (χ1n) is 8.44. The molecule has 6 heteroatoms. The lowest BCUT2D eigenvalue weighted by molar-refractivity contribution is 0.102. The highest BCUT2D eigenvalue weighted by molar-refractivity contribution is 7.98. The molecule has 0 spiro atoms. The third kappa shape index (κ3) is 4.12. The van der Waals surface area contributed by atoms with Gasteiger partial charge in [0.1, 0.15) is 5.75 Å². The number of phenols is 1. The molecule has 0 unspecified atom stereocenters. The molecule has 0 saturated heterocycles. The number of hydrogen-bond acceptors (Lipinski definition) is 4. The molecule has 3 N–H and O–H groups in total. The van der Waals surface area contributed by atoms with Gasteiger partial charge < -0.3 is 15.4 Å². The van der Waals surface area contributed by atoms with Gasteiger partial charge in [0.2, 0.25) is 0 Å². The average Bonchev–Trinajstić information content (AvgIpc) is 3.11. The van der Waals surface area contributed by atoms with Crippen LogP contribution < -0.4 is 5.32 Å². The van der Waals surface area contributed by atoms with E-state index in [-0.39, 0.29) is 11.7 Å². The number of thioether (sulfide) groups is 1. The number of H-pyrrole nitrogens is 1. The Morgan fingerprint density at radius 2 is 1.74 bits per heavy atom. The minimum atomic E-state index is -0.183. The molecule has 0 aliphatic heterocycles. The lowest BCUT2D eigenvalue weighted by Crippen LogP contribution is -2.11. The molecule has 0 aliphatic carbocycles. The second-order valence-electron chi connectivity index (χ2n) is 6.05. The van der Waals surface area contributed by atoms with Gasteiger partial charge in [0.15, 0.2) is 5.16 Å². The minimum absolute atomic E-state index is 0.166. The van der Waals surface area contributed by atoms with Gasteiger partial charge in [-0.3, -0.25) is 4.79 Å². The number of aromatic amines is 1. The van der Waals surface area contributed by atoms with Crippen LogP contribution >= 0.6 is 11.8 Å². The van der Waals surface area contributed by atoms with E-state index >= 15 is 0 Å². The van der Waals surface area contributed by atoms with Crippen LogP contribution in [0, 0.1) is 0 Å². The van der Waals surface area contributed by atoms with E-state index in [0.717, 1.165) is 27.5 Å². The molecule has 4 rings (SSSR count). The van der Waals surface area contributed by atoms with Gasteiger partial charge in [-0.15, -0.1) is 0 Å². The van der Waals surface area contributed by atoms with Crippen molar-refractivity contribution in [3.8, 4) is 5.75 Å². The van der Waals surface area contributed by atoms with Crippen molar-refractivity contribution in [2.24, 2.45) is 0 Å². The van der Waals surface area contributed by atoms with E-state index in [1.54, 1.807) is 23.9 Å². The SMILES string of the molecule is O=C(Nc1ccc(O)cc1)c1ccc(CSc2nc3ccccc3[nH]2)cc1. The Morgan fingerprint density at radius 3 is 2.48 bits per heavy atom. The predicted octanol–water partition coefficient (Wildman–Crippen LogP) is 4.81. The number of carbonyl (C=O) groups is 1. The summed E-state index contributed by atoms with van der Waals surface area (Å²) in [5.41, 5.74) is 4.33. The topological polar surface area (TPSA) is 78.0 Å². The minimum Gasteiger partial charge on any atom is -0.508 e. The van der Waals surface area contributed by atoms with E-state index in [2.05, 4.69) is 15.3 Å². The van der Waals surface area contributed by atoms with Gasteiger partial charge in [0, 0.05) is 17.0 Å². The molecule has 0 radical (unpaired) electrons. The molecule has 3 aromatic carbocycles. The highest BCUT2D eigenvalue weighted by Crippen LogP contribution is 2.23. The monoisotopic (exact) mass is 375 g/mol. The third-order valence-electron chi connectivity index (χ3n) is 4.08. The zero-order valence-corrected chi connectivity index (χ0v) is 15.2. The molecule has 27 heavy (non-hydrogen) atoms. The van der Waals surface area contributed by atoms with E-state index in [1.165, 1.54) is 12.1 Å². The summed E-state index contributed by atoms with van der Waals surface area (Å²) >= 11 is 1.63. The highest BCUT2D eigenvalue weighted by atomic mass is 32.2. The molecule has 0 atom stereocenters. The number of aromatic nitrogens is 2. The van der Waals surface area contributed by atoms with Crippen LogP contribution in [-0.4, -0.2) is 21.0 Å². The lowest BCUT2D eigenvalue weighted by atomic mass is 10.1. The predicted molar refractivity (Wildman–Crippen MR) is 108 cm³/mol. The first kappa shape index (κ1) is 17.2. The summed E-state index contributed by atoms with van der Waals surface area (Å²) in [5.74, 6) is 0.746. The first-order valence-corrected chi connectivity index (χ1v) is 9.43. The second kappa shape index (κ2) is 7.55. The molecule has 0 bridgehead atoms. The number of benzene rings is 3. The average molecular weight is 375 g/mol. The Bertz CT molecular complexity index is 1040. The number of carbonyl (C=O) groups excluding carboxylic acids is 1. The number of hydrogen-bond donors (Lipinski definition) is 3. The maximum absolute atomic E-state index is 12.3. The van der Waals surface area contributed by atoms with Gasteiger partial charge in [0.25, 0.3) is 5.91 Å². The van der Waals surface area contributed by atoms with Gasteiger partial charge >= 0.3 is 0 Å². The van der Waals surface area contributed by atoms with E-state index < -0.39 is 0 Å². The van der Waals surface area contributed by atoms with Crippen LogP contribution in [0.3, 0.4) is 0 Å². The fourth-order valence-electron chi connectivity index (χ4n) is 2.65. The van der Waals surface area contributed by atoms with Crippen molar-refractivity contribution < 1.29 is 9.90 Å². The number of imidazole rings is 1. The molecule has 1 amide bonds. The van der Waals surface area contributed by atoms with Crippen molar-refractivity contribution in [2.45, 2.75) is 10.9 Å². The second-order valence-corrected chi connectivity index (χ2v) is 7.01. The Morgan fingerprint density at radius 1 is 1.00 bits per heavy atom. The summed E-state index contributed by atoms with van der Waals surface area (Å²) in [7, 11) is 0. The normalized spacial score (nSPS) is 10.8. The smallest absolute Gasteiger partial charge is 0.255 e. The van der Waals surface area contributed by atoms with Crippen molar-refractivity contribution in [1.29, 1.82) is 0 Å². The molecule has 1 aromatic heterocycles. The molecule has 5 nitrogen and oxygen atoms in total. The van der Waals surface area contributed by atoms with Crippen molar-refractivity contribution in [3.63, 3.8) is 0 Å². The number of aromatic hydroxyl groups is 1. The number of rotatable bonds is 5. The molecule has 0 aliphatic rings. The van der Waals surface area contributed by atoms with Crippen LogP contribution in [0.1, 0.15) is 15.9 Å². The Kier molecular flexibility index (Phi) is 4.80. The maximum Gasteiger partial charge on any atom is 0.255 e. The number of nitrogens with zero attached hydrogens (tertiary/aromatic N) is 1. The van der Waals surface area contributed by atoms with Crippen LogP contribution in [0.25, 0.3) is 11.0 Å². The Hall–Kier alpha value is -3.25. The zero-order valence-electron chi connectivity index (χ0n) is 14.3. The van der Waals surface area contributed by atoms with E-state index in [4.69, 9.17) is 0 Å². The fourth-order valence-corrected chi connectivity index (χ4v) is 3.49. The largest absolute Gasteiger partial charge is 0.508 e. The standard InChI is InChI=1S/C21H17N3O2S/c25-17-11-9-16(10-12-17)22-20(26)15-7-5-14(6-8-15)13-27-21-23-18-3-1-2-4-19(18)24-21/h1-12,25H,13H2,(H,22,26)(H,23,24). The Balaban J connectivity index is 1.38. The van der Waals surface area contributed by atoms with Gasteiger partial charge in [-0.05, 0) is 54.1 Å². The fraction of sp³-hybridized carbons (Fsp3) is 0.0476. The molecule has 1 heterocycles. The summed E-state index contributed by atoms with van der Waals surface area (Å²) in [6.45, 7) is 0. The van der Waals surface area contributed by atoms with Crippen molar-refractivity contribution in [3.05, 3.63) is 83.9 Å². The number of anilines is 1. The molecule has 0 fully saturated rings. The van der Waals surface area contributed by atoms with Crippen LogP contribution in [0.5, 0.6) is 5.75 Å². The highest BCUT2D eigenvalue weighted by Gasteiger charge is 2.07. The van der Waals surface area contributed by atoms with E-state index in [0.29, 0.717) is 11.3 Å². The van der Waals surface area contributed by atoms with Crippen LogP contribution in [-0.2, 0) is 5.75 Å². The van der Waals surface area contributed by atoms with Gasteiger partial charge in [0.05, 0.1) is 11.0 Å². The summed E-state index contributed by atoms with van der Waals surface area (Å²) < 4.78 is 0. The molecule has 4 aromatic rings. The number of fused-ring (bicyclic) bond motifs is 1. The summed E-state index contributed by atoms with van der Waals surface area (Å²) in [6, 6.07) is 21.8. The number of nitrogens with one attached hydrogen (secondary N) is 2.